The number of unbranched alkanes of at least 4 members (excludes halogenated alkanes) is 3. The van der Waals surface area contributed by atoms with Crippen LogP contribution in [0.2, 0.25) is 0 Å². The number of fused-ring (bicyclic) bond motifs is 2. The minimum absolute atomic E-state index is 0.523. The van der Waals surface area contributed by atoms with Gasteiger partial charge in [-0.15, -0.1) is 0 Å². The number of carbonyl (C=O) groups is 1. The third kappa shape index (κ3) is 3.80. The second-order valence-electron chi connectivity index (χ2n) is 6.13. The lowest BCUT2D eigenvalue weighted by Crippen LogP contribution is -2.15. The van der Waals surface area contributed by atoms with Gasteiger partial charge in [0.1, 0.15) is 5.78 Å². The molecule has 2 bridgehead atoms. The zero-order valence-electron chi connectivity index (χ0n) is 11.0. The number of hydrogen-bond donors (Lipinski definition) is 1. The maximum atomic E-state index is 11.9. The van der Waals surface area contributed by atoms with Crippen molar-refractivity contribution in [2.45, 2.75) is 64.2 Å². The largest absolute Gasteiger partial charge is 0.330 e. The minimum Gasteiger partial charge on any atom is -0.330 e. The molecule has 2 nitrogen and oxygen atoms in total. The van der Waals surface area contributed by atoms with Gasteiger partial charge >= 0.3 is 0 Å². The van der Waals surface area contributed by atoms with Crippen LogP contribution in [0.3, 0.4) is 0 Å². The van der Waals surface area contributed by atoms with Crippen molar-refractivity contribution in [2.24, 2.45) is 23.5 Å². The standard InChI is InChI=1S/C15H27NO/c16-8-4-2-1-3-5-15(17)11-14-10-12-6-7-13(14)9-12/h12-14H,1-11,16H2. The first kappa shape index (κ1) is 13.1. The van der Waals surface area contributed by atoms with Gasteiger partial charge in [-0.2, -0.15) is 0 Å². The smallest absolute Gasteiger partial charge is 0.133 e. The zero-order valence-corrected chi connectivity index (χ0v) is 11.0. The van der Waals surface area contributed by atoms with Gasteiger partial charge in [-0.3, -0.25) is 4.79 Å². The Balaban J connectivity index is 1.55. The van der Waals surface area contributed by atoms with E-state index in [9.17, 15) is 4.79 Å². The van der Waals surface area contributed by atoms with Crippen LogP contribution in [0.15, 0.2) is 0 Å². The topological polar surface area (TPSA) is 43.1 Å². The zero-order chi connectivity index (χ0) is 12.1. The molecule has 0 spiro atoms. The van der Waals surface area contributed by atoms with E-state index in [-0.39, 0.29) is 0 Å². The molecule has 17 heavy (non-hydrogen) atoms. The number of carbonyl (C=O) groups excluding carboxylic acids is 1. The van der Waals surface area contributed by atoms with Crippen LogP contribution in [0.4, 0.5) is 0 Å². The van der Waals surface area contributed by atoms with Gasteiger partial charge in [0, 0.05) is 12.8 Å². The summed E-state index contributed by atoms with van der Waals surface area (Å²) in [5.74, 6) is 3.16. The van der Waals surface area contributed by atoms with Crippen molar-refractivity contribution in [1.29, 1.82) is 0 Å². The summed E-state index contributed by atoms with van der Waals surface area (Å²) in [4.78, 5) is 11.9. The van der Waals surface area contributed by atoms with Crippen LogP contribution in [0.25, 0.3) is 0 Å². The Kier molecular flexibility index (Phi) is 5.02. The highest BCUT2D eigenvalue weighted by Crippen LogP contribution is 2.49. The lowest BCUT2D eigenvalue weighted by atomic mass is 9.84. The van der Waals surface area contributed by atoms with Gasteiger partial charge in [0.2, 0.25) is 0 Å². The van der Waals surface area contributed by atoms with Crippen molar-refractivity contribution in [2.75, 3.05) is 6.54 Å². The molecule has 2 aliphatic carbocycles. The van der Waals surface area contributed by atoms with E-state index in [0.29, 0.717) is 5.78 Å². The molecule has 3 atom stereocenters. The lowest BCUT2D eigenvalue weighted by molar-refractivity contribution is -0.120. The Hall–Kier alpha value is -0.370. The molecular formula is C15H27NO. The highest BCUT2D eigenvalue weighted by molar-refractivity contribution is 5.78. The summed E-state index contributed by atoms with van der Waals surface area (Å²) in [6.45, 7) is 0.791. The summed E-state index contributed by atoms with van der Waals surface area (Å²) in [6, 6.07) is 0. The van der Waals surface area contributed by atoms with Crippen LogP contribution in [-0.2, 0) is 4.79 Å². The third-order valence-electron chi connectivity index (χ3n) is 4.78. The molecule has 2 aliphatic rings. The molecule has 2 rings (SSSR count). The summed E-state index contributed by atoms with van der Waals surface area (Å²) in [7, 11) is 0. The van der Waals surface area contributed by atoms with Gasteiger partial charge < -0.3 is 5.73 Å². The van der Waals surface area contributed by atoms with Crippen LogP contribution in [-0.4, -0.2) is 12.3 Å². The Morgan fingerprint density at radius 3 is 2.53 bits per heavy atom. The van der Waals surface area contributed by atoms with Gasteiger partial charge in [-0.1, -0.05) is 19.3 Å². The van der Waals surface area contributed by atoms with Crippen molar-refractivity contribution in [1.82, 2.24) is 0 Å². The van der Waals surface area contributed by atoms with E-state index in [0.717, 1.165) is 50.0 Å². The van der Waals surface area contributed by atoms with Crippen LogP contribution in [0.1, 0.15) is 64.2 Å². The molecule has 2 fully saturated rings. The molecular weight excluding hydrogens is 210 g/mol. The maximum Gasteiger partial charge on any atom is 0.133 e. The van der Waals surface area contributed by atoms with E-state index < -0.39 is 0 Å². The molecule has 0 heterocycles. The first-order valence-corrected chi connectivity index (χ1v) is 7.51. The van der Waals surface area contributed by atoms with Crippen LogP contribution in [0.5, 0.6) is 0 Å². The average molecular weight is 237 g/mol. The molecule has 98 valence electrons. The molecule has 2 N–H and O–H groups in total. The van der Waals surface area contributed by atoms with E-state index in [1.807, 2.05) is 0 Å². The number of hydrogen-bond acceptors (Lipinski definition) is 2. The van der Waals surface area contributed by atoms with Gasteiger partial charge in [0.05, 0.1) is 0 Å². The van der Waals surface area contributed by atoms with E-state index in [2.05, 4.69) is 0 Å². The van der Waals surface area contributed by atoms with E-state index in [1.54, 1.807) is 0 Å². The Bertz CT molecular complexity index is 251. The second kappa shape index (κ2) is 6.53. The highest BCUT2D eigenvalue weighted by atomic mass is 16.1. The van der Waals surface area contributed by atoms with Gasteiger partial charge in [-0.25, -0.2) is 0 Å². The fourth-order valence-corrected chi connectivity index (χ4v) is 3.84. The van der Waals surface area contributed by atoms with E-state index >= 15 is 0 Å². The Morgan fingerprint density at radius 2 is 1.88 bits per heavy atom. The molecule has 0 amide bonds. The maximum absolute atomic E-state index is 11.9. The molecule has 2 heteroatoms. The van der Waals surface area contributed by atoms with Crippen LogP contribution in [0, 0.1) is 17.8 Å². The van der Waals surface area contributed by atoms with Crippen molar-refractivity contribution in [3.8, 4) is 0 Å². The van der Waals surface area contributed by atoms with Gasteiger partial charge in [-0.05, 0) is 56.4 Å². The van der Waals surface area contributed by atoms with Crippen molar-refractivity contribution in [3.63, 3.8) is 0 Å². The first-order valence-electron chi connectivity index (χ1n) is 7.51. The fraction of sp³-hybridized carbons (Fsp3) is 0.933. The van der Waals surface area contributed by atoms with Gasteiger partial charge in [0.25, 0.3) is 0 Å². The summed E-state index contributed by atoms with van der Waals surface area (Å²) >= 11 is 0. The molecule has 3 unspecified atom stereocenters. The summed E-state index contributed by atoms with van der Waals surface area (Å²) in [6.07, 6.45) is 11.9. The molecule has 0 aromatic carbocycles. The first-order chi connectivity index (χ1) is 8.29. The minimum atomic E-state index is 0.523. The quantitative estimate of drug-likeness (QED) is 0.658. The summed E-state index contributed by atoms with van der Waals surface area (Å²) in [5, 5.41) is 0. The highest BCUT2D eigenvalue weighted by Gasteiger charge is 2.39. The van der Waals surface area contributed by atoms with Gasteiger partial charge in [0.15, 0.2) is 0 Å². The monoisotopic (exact) mass is 237 g/mol. The Labute approximate surface area is 105 Å². The molecule has 0 aromatic rings. The summed E-state index contributed by atoms with van der Waals surface area (Å²) in [5.41, 5.74) is 5.45. The van der Waals surface area contributed by atoms with Crippen LogP contribution >= 0.6 is 0 Å². The SMILES string of the molecule is NCCCCCCC(=O)CC1CC2CCC1C2. The van der Waals surface area contributed by atoms with Crippen molar-refractivity contribution in [3.05, 3.63) is 0 Å². The molecule has 0 saturated heterocycles. The predicted octanol–water partition coefficient (Wildman–Crippen LogP) is 3.29. The lowest BCUT2D eigenvalue weighted by Gasteiger charge is -2.20. The average Bonchev–Trinajstić information content (AvgIpc) is 2.90. The number of nitrogens with two attached hydrogens (primary N) is 1. The van der Waals surface area contributed by atoms with Crippen molar-refractivity contribution >= 4 is 5.78 Å². The number of Topliss-reactive ketones (excluding diaryl/α,β-unsaturated/α-hetero) is 1. The fourth-order valence-electron chi connectivity index (χ4n) is 3.84. The summed E-state index contributed by atoms with van der Waals surface area (Å²) < 4.78 is 0. The number of ketones is 1. The normalized spacial score (nSPS) is 31.0. The number of rotatable bonds is 8. The van der Waals surface area contributed by atoms with Crippen LogP contribution < -0.4 is 5.73 Å². The van der Waals surface area contributed by atoms with E-state index in [1.165, 1.54) is 38.5 Å². The molecule has 0 radical (unpaired) electrons. The molecule has 0 aromatic heterocycles. The van der Waals surface area contributed by atoms with E-state index in [4.69, 9.17) is 5.73 Å². The second-order valence-corrected chi connectivity index (χ2v) is 6.13. The van der Waals surface area contributed by atoms with Crippen molar-refractivity contribution < 1.29 is 4.79 Å². The molecule has 2 saturated carbocycles. The Morgan fingerprint density at radius 1 is 1.06 bits per heavy atom. The predicted molar refractivity (Wildman–Crippen MR) is 70.7 cm³/mol. The molecule has 0 aliphatic heterocycles. The third-order valence-corrected chi connectivity index (χ3v) is 4.78.